The van der Waals surface area contributed by atoms with Gasteiger partial charge in [-0.1, -0.05) is 12.1 Å². The van der Waals surface area contributed by atoms with Crippen LogP contribution >= 0.6 is 0 Å². The van der Waals surface area contributed by atoms with Gasteiger partial charge in [-0.25, -0.2) is 9.78 Å². The van der Waals surface area contributed by atoms with Crippen LogP contribution in [-0.4, -0.2) is 52.3 Å². The van der Waals surface area contributed by atoms with Gasteiger partial charge in [-0.2, -0.15) is 5.10 Å². The van der Waals surface area contributed by atoms with E-state index in [9.17, 15) is 14.4 Å². The number of carbonyl (C=O) groups excluding carboxylic acids is 2. The molecule has 0 amide bonds. The molecule has 0 unspecified atom stereocenters. The third kappa shape index (κ3) is 5.55. The minimum atomic E-state index is -0.445. The first-order valence-electron chi connectivity index (χ1n) is 10.9. The van der Waals surface area contributed by atoms with Gasteiger partial charge >= 0.3 is 5.97 Å². The molecule has 2 heterocycles. The minimum Gasteiger partial charge on any atom is -0.497 e. The molecule has 180 valence electrons. The molecule has 4 aromatic rings. The van der Waals surface area contributed by atoms with Crippen LogP contribution in [0.1, 0.15) is 33.0 Å². The lowest BCUT2D eigenvalue weighted by molar-refractivity contribution is 0.0600. The number of nitrogens with one attached hydrogen (secondary N) is 1. The third-order valence-corrected chi connectivity index (χ3v) is 5.39. The molecule has 0 bridgehead atoms. The number of esters is 1. The van der Waals surface area contributed by atoms with Crippen molar-refractivity contribution < 1.29 is 23.8 Å². The average Bonchev–Trinajstić information content (AvgIpc) is 3.30. The van der Waals surface area contributed by atoms with E-state index >= 15 is 0 Å². The Labute approximate surface area is 200 Å². The summed E-state index contributed by atoms with van der Waals surface area (Å²) in [6.07, 6.45) is 2.14. The Kier molecular flexibility index (Phi) is 7.20. The van der Waals surface area contributed by atoms with Crippen LogP contribution in [0.15, 0.2) is 59.5 Å². The summed E-state index contributed by atoms with van der Waals surface area (Å²) in [6.45, 7) is 0.519. The van der Waals surface area contributed by atoms with Crippen molar-refractivity contribution in [2.24, 2.45) is 0 Å². The number of aryl methyl sites for hydroxylation is 1. The molecule has 0 aliphatic rings. The Balaban J connectivity index is 1.39. The number of H-pyrrole nitrogens is 1. The zero-order valence-corrected chi connectivity index (χ0v) is 19.3. The zero-order chi connectivity index (χ0) is 24.8. The van der Waals surface area contributed by atoms with Gasteiger partial charge in [0.1, 0.15) is 23.6 Å². The summed E-state index contributed by atoms with van der Waals surface area (Å²) in [5.41, 5.74) is 1.53. The van der Waals surface area contributed by atoms with Gasteiger partial charge in [-0.15, -0.1) is 0 Å². The normalized spacial score (nSPS) is 10.8. The number of rotatable bonds is 10. The molecule has 2 aromatic carbocycles. The lowest BCUT2D eigenvalue weighted by Crippen LogP contribution is -2.20. The van der Waals surface area contributed by atoms with Crippen molar-refractivity contribution in [2.75, 3.05) is 20.8 Å². The van der Waals surface area contributed by atoms with Gasteiger partial charge in [0.05, 0.1) is 32.5 Å². The molecule has 10 heteroatoms. The lowest BCUT2D eigenvalue weighted by Gasteiger charge is -2.08. The summed E-state index contributed by atoms with van der Waals surface area (Å²) in [7, 11) is 2.91. The summed E-state index contributed by atoms with van der Waals surface area (Å²) in [4.78, 5) is 43.7. The monoisotopic (exact) mass is 476 g/mol. The topological polar surface area (TPSA) is 125 Å². The maximum atomic E-state index is 12.7. The van der Waals surface area contributed by atoms with E-state index in [1.54, 1.807) is 31.4 Å². The Hall–Kier alpha value is -4.47. The quantitative estimate of drug-likeness (QED) is 0.274. The van der Waals surface area contributed by atoms with Crippen LogP contribution in [-0.2, 0) is 17.7 Å². The smallest absolute Gasteiger partial charge is 0.337 e. The van der Waals surface area contributed by atoms with E-state index in [0.29, 0.717) is 23.3 Å². The van der Waals surface area contributed by atoms with Gasteiger partial charge in [0.15, 0.2) is 17.1 Å². The van der Waals surface area contributed by atoms with Gasteiger partial charge in [0.2, 0.25) is 0 Å². The molecule has 35 heavy (non-hydrogen) atoms. The molecule has 0 saturated heterocycles. The Morgan fingerprint density at radius 3 is 2.60 bits per heavy atom. The van der Waals surface area contributed by atoms with Crippen LogP contribution in [0.25, 0.3) is 11.0 Å². The first-order valence-corrected chi connectivity index (χ1v) is 10.9. The van der Waals surface area contributed by atoms with E-state index in [2.05, 4.69) is 19.8 Å². The highest BCUT2D eigenvalue weighted by Gasteiger charge is 2.15. The van der Waals surface area contributed by atoms with Crippen LogP contribution in [0, 0.1) is 0 Å². The highest BCUT2D eigenvalue weighted by molar-refractivity contribution is 5.94. The number of hydrogen-bond donors (Lipinski definition) is 1. The second-order valence-electron chi connectivity index (χ2n) is 7.66. The molecule has 0 fully saturated rings. The number of fused-ring (bicyclic) bond motifs is 1. The predicted octanol–water partition coefficient (Wildman–Crippen LogP) is 2.81. The number of hydrogen-bond acceptors (Lipinski definition) is 8. The highest BCUT2D eigenvalue weighted by atomic mass is 16.5. The average molecular weight is 476 g/mol. The van der Waals surface area contributed by atoms with Crippen LogP contribution in [0.3, 0.4) is 0 Å². The van der Waals surface area contributed by atoms with Crippen molar-refractivity contribution in [2.45, 2.75) is 19.4 Å². The lowest BCUT2D eigenvalue weighted by atomic mass is 10.1. The molecule has 2 aromatic heterocycles. The largest absolute Gasteiger partial charge is 0.497 e. The van der Waals surface area contributed by atoms with E-state index in [0.717, 1.165) is 11.3 Å². The second-order valence-corrected chi connectivity index (χ2v) is 7.66. The number of ketones is 1. The molecule has 0 atom stereocenters. The van der Waals surface area contributed by atoms with Crippen LogP contribution in [0.4, 0.5) is 0 Å². The van der Waals surface area contributed by atoms with Crippen molar-refractivity contribution in [1.29, 1.82) is 0 Å². The molecule has 0 aliphatic heterocycles. The summed E-state index contributed by atoms with van der Waals surface area (Å²) in [5, 5.41) is 4.22. The molecule has 10 nitrogen and oxygen atoms in total. The number of aromatic nitrogens is 4. The van der Waals surface area contributed by atoms with Crippen LogP contribution in [0.5, 0.6) is 11.5 Å². The minimum absolute atomic E-state index is 0.00638. The van der Waals surface area contributed by atoms with Crippen molar-refractivity contribution in [3.05, 3.63) is 82.0 Å². The van der Waals surface area contributed by atoms with E-state index < -0.39 is 11.5 Å². The molecular formula is C25H24N4O6. The van der Waals surface area contributed by atoms with E-state index in [4.69, 9.17) is 9.47 Å². The number of aromatic amines is 1. The molecule has 0 aliphatic carbocycles. The number of ether oxygens (including phenoxy) is 3. The fourth-order valence-corrected chi connectivity index (χ4v) is 3.57. The molecule has 0 radical (unpaired) electrons. The molecule has 0 spiro atoms. The van der Waals surface area contributed by atoms with Gasteiger partial charge in [0.25, 0.3) is 5.56 Å². The Bertz CT molecular complexity index is 1410. The number of Topliss-reactive ketones (excluding diaryl/α,β-unsaturated/α-hetero) is 1. The van der Waals surface area contributed by atoms with Crippen molar-refractivity contribution in [3.8, 4) is 11.5 Å². The van der Waals surface area contributed by atoms with Crippen molar-refractivity contribution in [1.82, 2.24) is 19.7 Å². The standard InChI is InChI=1S/C25H24N4O6/c1-33-19-5-3-4-16(14-19)6-11-21(30)23-27-20-15-26-29(22(20)24(31)28-23)12-13-35-18-9-7-17(8-10-18)25(32)34-2/h3-5,7-10,14-15H,6,11-13H2,1-2H3,(H,27,28,31). The molecule has 1 N–H and O–H groups in total. The summed E-state index contributed by atoms with van der Waals surface area (Å²) in [6, 6.07) is 14.0. The number of carbonyl (C=O) groups is 2. The molecule has 4 rings (SSSR count). The highest BCUT2D eigenvalue weighted by Crippen LogP contribution is 2.16. The first kappa shape index (κ1) is 23.7. The number of benzene rings is 2. The predicted molar refractivity (Wildman–Crippen MR) is 127 cm³/mol. The maximum absolute atomic E-state index is 12.7. The van der Waals surface area contributed by atoms with E-state index in [1.807, 2.05) is 24.3 Å². The summed E-state index contributed by atoms with van der Waals surface area (Å²) >= 11 is 0. The van der Waals surface area contributed by atoms with Crippen LogP contribution < -0.4 is 15.0 Å². The fraction of sp³-hybridized carbons (Fsp3) is 0.240. The second kappa shape index (κ2) is 10.6. The van der Waals surface area contributed by atoms with E-state index in [1.165, 1.54) is 18.0 Å². The van der Waals surface area contributed by atoms with E-state index in [-0.39, 0.29) is 36.7 Å². The first-order chi connectivity index (χ1) is 17.0. The fourth-order valence-electron chi connectivity index (χ4n) is 3.57. The number of methoxy groups -OCH3 is 2. The molecule has 0 saturated carbocycles. The van der Waals surface area contributed by atoms with Gasteiger partial charge in [-0.05, 0) is 48.4 Å². The Morgan fingerprint density at radius 1 is 1.06 bits per heavy atom. The SMILES string of the molecule is COC(=O)c1ccc(OCCn2ncc3nc(C(=O)CCc4cccc(OC)c4)[nH]c(=O)c32)cc1. The van der Waals surface area contributed by atoms with Gasteiger partial charge in [-0.3, -0.25) is 14.3 Å². The van der Waals surface area contributed by atoms with Gasteiger partial charge < -0.3 is 19.2 Å². The maximum Gasteiger partial charge on any atom is 0.337 e. The molecular weight excluding hydrogens is 452 g/mol. The van der Waals surface area contributed by atoms with Crippen LogP contribution in [0.2, 0.25) is 0 Å². The Morgan fingerprint density at radius 2 is 1.86 bits per heavy atom. The zero-order valence-electron chi connectivity index (χ0n) is 19.3. The summed E-state index contributed by atoms with van der Waals surface area (Å²) < 4.78 is 17.0. The van der Waals surface area contributed by atoms with Crippen molar-refractivity contribution in [3.63, 3.8) is 0 Å². The van der Waals surface area contributed by atoms with Gasteiger partial charge in [0, 0.05) is 6.42 Å². The van der Waals surface area contributed by atoms with Crippen molar-refractivity contribution >= 4 is 22.8 Å². The summed E-state index contributed by atoms with van der Waals surface area (Å²) in [5.74, 6) is 0.595. The number of nitrogens with zero attached hydrogens (tertiary/aromatic N) is 3. The third-order valence-electron chi connectivity index (χ3n) is 5.39.